The lowest BCUT2D eigenvalue weighted by Gasteiger charge is -2.36. The minimum Gasteiger partial charge on any atom is -0.454 e. The Labute approximate surface area is 154 Å². The molecule has 4 rings (SSSR count). The Bertz CT molecular complexity index is 646. The van der Waals surface area contributed by atoms with Gasteiger partial charge in [0.25, 0.3) is 0 Å². The van der Waals surface area contributed by atoms with Gasteiger partial charge in [-0.2, -0.15) is 0 Å². The van der Waals surface area contributed by atoms with Crippen LogP contribution in [0.4, 0.5) is 0 Å². The lowest BCUT2D eigenvalue weighted by molar-refractivity contribution is -0.137. The fourth-order valence-electron chi connectivity index (χ4n) is 4.04. The molecule has 2 atom stereocenters. The molecule has 3 aliphatic rings. The number of benzene rings is 1. The van der Waals surface area contributed by atoms with Crippen molar-refractivity contribution in [2.45, 2.75) is 32.4 Å². The molecule has 0 aliphatic carbocycles. The zero-order chi connectivity index (χ0) is 17.9. The van der Waals surface area contributed by atoms with E-state index in [1.54, 1.807) is 0 Å². The van der Waals surface area contributed by atoms with Crippen molar-refractivity contribution >= 4 is 5.91 Å². The minimum absolute atomic E-state index is 0.0651. The second-order valence-electron chi connectivity index (χ2n) is 7.32. The van der Waals surface area contributed by atoms with Crippen LogP contribution in [0.3, 0.4) is 0 Å². The van der Waals surface area contributed by atoms with Crippen molar-refractivity contribution in [1.82, 2.24) is 20.7 Å². The number of hydrazine groups is 1. The first-order chi connectivity index (χ1) is 12.7. The molecule has 2 unspecified atom stereocenters. The van der Waals surface area contributed by atoms with Crippen LogP contribution in [0.2, 0.25) is 0 Å². The summed E-state index contributed by atoms with van der Waals surface area (Å²) < 4.78 is 10.8. The molecule has 1 aromatic rings. The van der Waals surface area contributed by atoms with Crippen molar-refractivity contribution in [3.8, 4) is 11.5 Å². The first-order valence-electron chi connectivity index (χ1n) is 9.62. The van der Waals surface area contributed by atoms with Crippen molar-refractivity contribution in [2.75, 3.05) is 39.5 Å². The van der Waals surface area contributed by atoms with Gasteiger partial charge >= 0.3 is 0 Å². The van der Waals surface area contributed by atoms with E-state index >= 15 is 0 Å². The summed E-state index contributed by atoms with van der Waals surface area (Å²) in [6, 6.07) is 6.39. The number of ether oxygens (including phenoxy) is 2. The summed E-state index contributed by atoms with van der Waals surface area (Å²) in [5.41, 5.74) is 7.64. The van der Waals surface area contributed by atoms with E-state index in [1.165, 1.54) is 5.56 Å². The first kappa shape index (κ1) is 17.6. The molecule has 1 amide bonds. The fourth-order valence-corrected chi connectivity index (χ4v) is 4.04. The molecule has 0 bridgehead atoms. The van der Waals surface area contributed by atoms with Crippen LogP contribution in [0.25, 0.3) is 0 Å². The van der Waals surface area contributed by atoms with Gasteiger partial charge in [0.1, 0.15) is 0 Å². The SMILES string of the molecule is CCCC1NNCC1C(=O)N1CCN(Cc2ccc3c(c2)OCO3)CC1. The molecule has 142 valence electrons. The highest BCUT2D eigenvalue weighted by atomic mass is 16.7. The molecule has 26 heavy (non-hydrogen) atoms. The van der Waals surface area contributed by atoms with Gasteiger partial charge in [-0.15, -0.1) is 0 Å². The molecule has 0 radical (unpaired) electrons. The lowest BCUT2D eigenvalue weighted by Crippen LogP contribution is -2.51. The molecular formula is C19H28N4O3. The largest absolute Gasteiger partial charge is 0.454 e. The molecular weight excluding hydrogens is 332 g/mol. The Morgan fingerprint density at radius 1 is 1.19 bits per heavy atom. The van der Waals surface area contributed by atoms with Gasteiger partial charge in [-0.25, -0.2) is 0 Å². The third kappa shape index (κ3) is 3.65. The Morgan fingerprint density at radius 3 is 2.81 bits per heavy atom. The number of carbonyl (C=O) groups is 1. The summed E-state index contributed by atoms with van der Waals surface area (Å²) in [7, 11) is 0. The van der Waals surface area contributed by atoms with Crippen LogP contribution in [0, 0.1) is 5.92 Å². The second kappa shape index (κ2) is 7.82. The molecule has 7 nitrogen and oxygen atoms in total. The summed E-state index contributed by atoms with van der Waals surface area (Å²) in [6.07, 6.45) is 2.12. The standard InChI is InChI=1S/C19H28N4O3/c1-2-3-16-15(11-20-21-16)19(24)23-8-6-22(7-9-23)12-14-4-5-17-18(10-14)26-13-25-17/h4-5,10,15-16,20-21H,2-3,6-9,11-13H2,1H3. The average molecular weight is 360 g/mol. The molecule has 2 N–H and O–H groups in total. The van der Waals surface area contributed by atoms with Crippen molar-refractivity contribution in [2.24, 2.45) is 5.92 Å². The highest BCUT2D eigenvalue weighted by Crippen LogP contribution is 2.32. The number of piperazine rings is 1. The van der Waals surface area contributed by atoms with Crippen LogP contribution in [-0.2, 0) is 11.3 Å². The molecule has 2 fully saturated rings. The van der Waals surface area contributed by atoms with E-state index in [0.717, 1.165) is 63.6 Å². The zero-order valence-corrected chi connectivity index (χ0v) is 15.4. The van der Waals surface area contributed by atoms with E-state index in [4.69, 9.17) is 9.47 Å². The maximum atomic E-state index is 12.9. The van der Waals surface area contributed by atoms with Crippen molar-refractivity contribution in [3.63, 3.8) is 0 Å². The van der Waals surface area contributed by atoms with Gasteiger partial charge in [-0.1, -0.05) is 19.4 Å². The molecule has 1 aromatic carbocycles. The molecule has 2 saturated heterocycles. The fraction of sp³-hybridized carbons (Fsp3) is 0.632. The molecule has 0 spiro atoms. The summed E-state index contributed by atoms with van der Waals surface area (Å²) in [5.74, 6) is 2.02. The monoisotopic (exact) mass is 360 g/mol. The summed E-state index contributed by atoms with van der Waals surface area (Å²) in [6.45, 7) is 7.51. The average Bonchev–Trinajstić information content (AvgIpc) is 3.31. The van der Waals surface area contributed by atoms with E-state index in [9.17, 15) is 4.79 Å². The van der Waals surface area contributed by atoms with Crippen LogP contribution >= 0.6 is 0 Å². The van der Waals surface area contributed by atoms with Crippen LogP contribution in [0.1, 0.15) is 25.3 Å². The van der Waals surface area contributed by atoms with Gasteiger partial charge < -0.3 is 14.4 Å². The summed E-state index contributed by atoms with van der Waals surface area (Å²) >= 11 is 0. The predicted octanol–water partition coefficient (Wildman–Crippen LogP) is 0.952. The molecule has 7 heteroatoms. The molecule has 0 aromatic heterocycles. The van der Waals surface area contributed by atoms with Crippen molar-refractivity contribution in [1.29, 1.82) is 0 Å². The number of rotatable bonds is 5. The van der Waals surface area contributed by atoms with Gasteiger partial charge in [0.15, 0.2) is 11.5 Å². The summed E-state index contributed by atoms with van der Waals surface area (Å²) in [5, 5.41) is 0. The number of carbonyl (C=O) groups excluding carboxylic acids is 1. The summed E-state index contributed by atoms with van der Waals surface area (Å²) in [4.78, 5) is 17.3. The maximum absolute atomic E-state index is 12.9. The van der Waals surface area contributed by atoms with Gasteiger partial charge in [0, 0.05) is 45.3 Å². The second-order valence-corrected chi connectivity index (χ2v) is 7.32. The van der Waals surface area contributed by atoms with Gasteiger partial charge in [0.2, 0.25) is 12.7 Å². The number of hydrogen-bond acceptors (Lipinski definition) is 6. The molecule has 0 saturated carbocycles. The topological polar surface area (TPSA) is 66.1 Å². The van der Waals surface area contributed by atoms with E-state index in [2.05, 4.69) is 34.8 Å². The van der Waals surface area contributed by atoms with E-state index in [1.807, 2.05) is 11.0 Å². The predicted molar refractivity (Wildman–Crippen MR) is 97.7 cm³/mol. The van der Waals surface area contributed by atoms with Crippen molar-refractivity contribution in [3.05, 3.63) is 23.8 Å². The normalized spacial score (nSPS) is 25.7. The third-order valence-electron chi connectivity index (χ3n) is 5.54. The number of fused-ring (bicyclic) bond motifs is 1. The number of hydrogen-bond donors (Lipinski definition) is 2. The Kier molecular flexibility index (Phi) is 5.28. The van der Waals surface area contributed by atoms with Crippen LogP contribution in [-0.4, -0.2) is 61.3 Å². The lowest BCUT2D eigenvalue weighted by atomic mass is 9.96. The Hall–Kier alpha value is -1.83. The Morgan fingerprint density at radius 2 is 2.00 bits per heavy atom. The minimum atomic E-state index is 0.0651. The quantitative estimate of drug-likeness (QED) is 0.815. The number of amides is 1. The molecule has 3 aliphatic heterocycles. The van der Waals surface area contributed by atoms with Crippen LogP contribution < -0.4 is 20.3 Å². The highest BCUT2D eigenvalue weighted by molar-refractivity contribution is 5.80. The smallest absolute Gasteiger partial charge is 0.231 e. The van der Waals surface area contributed by atoms with Gasteiger partial charge in [-0.3, -0.25) is 20.5 Å². The van der Waals surface area contributed by atoms with Crippen LogP contribution in [0.15, 0.2) is 18.2 Å². The van der Waals surface area contributed by atoms with E-state index < -0.39 is 0 Å². The van der Waals surface area contributed by atoms with Gasteiger partial charge in [-0.05, 0) is 24.1 Å². The van der Waals surface area contributed by atoms with E-state index in [0.29, 0.717) is 12.7 Å². The first-order valence-corrected chi connectivity index (χ1v) is 9.62. The zero-order valence-electron chi connectivity index (χ0n) is 15.4. The number of nitrogens with zero attached hydrogens (tertiary/aromatic N) is 2. The third-order valence-corrected chi connectivity index (χ3v) is 5.54. The van der Waals surface area contributed by atoms with Gasteiger partial charge in [0.05, 0.1) is 5.92 Å². The van der Waals surface area contributed by atoms with E-state index in [-0.39, 0.29) is 12.0 Å². The number of nitrogens with one attached hydrogen (secondary N) is 2. The van der Waals surface area contributed by atoms with Crippen LogP contribution in [0.5, 0.6) is 11.5 Å². The highest BCUT2D eigenvalue weighted by Gasteiger charge is 2.35. The van der Waals surface area contributed by atoms with Crippen molar-refractivity contribution < 1.29 is 14.3 Å². The molecule has 3 heterocycles. The Balaban J connectivity index is 1.29. The maximum Gasteiger partial charge on any atom is 0.231 e.